The number of hydrogen-bond donors (Lipinski definition) is 4. The van der Waals surface area contributed by atoms with E-state index in [9.17, 15) is 15.0 Å². The SMILES string of the molecule is Br.CCOC(=O)CNc1ccc(CCN[C@@H](C)[C@@H](O)c2ccc(O)cc2)cc1. The lowest BCUT2D eigenvalue weighted by Gasteiger charge is -2.21. The van der Waals surface area contributed by atoms with Gasteiger partial charge in [-0.3, -0.25) is 4.79 Å². The average molecular weight is 453 g/mol. The summed E-state index contributed by atoms with van der Waals surface area (Å²) in [6.07, 6.45) is 0.185. The van der Waals surface area contributed by atoms with E-state index in [0.717, 1.165) is 29.8 Å². The molecule has 2 aromatic carbocycles. The van der Waals surface area contributed by atoms with Crippen LogP contribution in [0.15, 0.2) is 48.5 Å². The first-order valence-corrected chi connectivity index (χ1v) is 9.18. The van der Waals surface area contributed by atoms with Crippen molar-refractivity contribution in [2.45, 2.75) is 32.4 Å². The van der Waals surface area contributed by atoms with Crippen molar-refractivity contribution in [3.63, 3.8) is 0 Å². The zero-order valence-corrected chi connectivity index (χ0v) is 17.9. The van der Waals surface area contributed by atoms with Gasteiger partial charge in [-0.05, 0) is 62.2 Å². The molecule has 2 rings (SSSR count). The maximum atomic E-state index is 11.3. The lowest BCUT2D eigenvalue weighted by molar-refractivity contribution is -0.140. The highest BCUT2D eigenvalue weighted by molar-refractivity contribution is 8.93. The summed E-state index contributed by atoms with van der Waals surface area (Å²) < 4.78 is 4.88. The van der Waals surface area contributed by atoms with Gasteiger partial charge in [0.1, 0.15) is 12.3 Å². The fraction of sp³-hybridized carbons (Fsp3) is 0.381. The number of phenols is 1. The lowest BCUT2D eigenvalue weighted by atomic mass is 10.0. The standard InChI is InChI=1S/C21H28N2O4.BrH/c1-3-27-20(25)14-23-18-8-4-16(5-9-18)12-13-22-15(2)21(26)17-6-10-19(24)11-7-17;/h4-11,15,21-24,26H,3,12-14H2,1-2H3;1H/t15-,21+;/m0./s1. The molecule has 0 fully saturated rings. The Balaban J connectivity index is 0.00000392. The zero-order valence-electron chi connectivity index (χ0n) is 16.2. The summed E-state index contributed by atoms with van der Waals surface area (Å²) in [5, 5.41) is 26.0. The topological polar surface area (TPSA) is 90.8 Å². The second-order valence-electron chi connectivity index (χ2n) is 6.38. The molecule has 28 heavy (non-hydrogen) atoms. The van der Waals surface area contributed by atoms with E-state index in [1.54, 1.807) is 31.2 Å². The Labute approximate surface area is 176 Å². The number of hydrogen-bond acceptors (Lipinski definition) is 6. The molecule has 4 N–H and O–H groups in total. The number of carbonyl (C=O) groups excluding carboxylic acids is 1. The Morgan fingerprint density at radius 1 is 1.11 bits per heavy atom. The Hall–Kier alpha value is -2.09. The molecule has 0 aromatic heterocycles. The van der Waals surface area contributed by atoms with Gasteiger partial charge < -0.3 is 25.6 Å². The van der Waals surface area contributed by atoms with Gasteiger partial charge in [0.25, 0.3) is 0 Å². The van der Waals surface area contributed by atoms with Gasteiger partial charge in [0.2, 0.25) is 0 Å². The van der Waals surface area contributed by atoms with Gasteiger partial charge >= 0.3 is 5.97 Å². The molecular weight excluding hydrogens is 424 g/mol. The van der Waals surface area contributed by atoms with Gasteiger partial charge in [-0.15, -0.1) is 17.0 Å². The van der Waals surface area contributed by atoms with Crippen LogP contribution >= 0.6 is 17.0 Å². The van der Waals surface area contributed by atoms with Crippen molar-refractivity contribution in [1.29, 1.82) is 0 Å². The van der Waals surface area contributed by atoms with E-state index >= 15 is 0 Å². The van der Waals surface area contributed by atoms with Gasteiger partial charge in [0.05, 0.1) is 12.7 Å². The number of rotatable bonds is 10. The number of nitrogens with one attached hydrogen (secondary N) is 2. The molecule has 0 bridgehead atoms. The number of ether oxygens (including phenoxy) is 1. The van der Waals surface area contributed by atoms with Gasteiger partial charge in [0.15, 0.2) is 0 Å². The second-order valence-corrected chi connectivity index (χ2v) is 6.38. The van der Waals surface area contributed by atoms with Crippen LogP contribution in [-0.2, 0) is 16.0 Å². The number of phenolic OH excluding ortho intramolecular Hbond substituents is 1. The van der Waals surface area contributed by atoms with Gasteiger partial charge in [0, 0.05) is 11.7 Å². The van der Waals surface area contributed by atoms with E-state index in [0.29, 0.717) is 6.61 Å². The largest absolute Gasteiger partial charge is 0.508 e. The molecule has 0 radical (unpaired) electrons. The molecule has 2 atom stereocenters. The highest BCUT2D eigenvalue weighted by atomic mass is 79.9. The second kappa shape index (κ2) is 12.4. The van der Waals surface area contributed by atoms with E-state index in [2.05, 4.69) is 10.6 Å². The summed E-state index contributed by atoms with van der Waals surface area (Å²) >= 11 is 0. The van der Waals surface area contributed by atoms with Crippen molar-refractivity contribution in [1.82, 2.24) is 5.32 Å². The number of aliphatic hydroxyl groups is 1. The molecule has 154 valence electrons. The Morgan fingerprint density at radius 3 is 2.36 bits per heavy atom. The summed E-state index contributed by atoms with van der Waals surface area (Å²) in [4.78, 5) is 11.3. The van der Waals surface area contributed by atoms with Crippen LogP contribution in [0.3, 0.4) is 0 Å². The van der Waals surface area contributed by atoms with Crippen LogP contribution in [0.2, 0.25) is 0 Å². The molecule has 2 aromatic rings. The van der Waals surface area contributed by atoms with E-state index in [4.69, 9.17) is 4.74 Å². The summed E-state index contributed by atoms with van der Waals surface area (Å²) in [6, 6.07) is 14.4. The van der Waals surface area contributed by atoms with E-state index in [1.807, 2.05) is 31.2 Å². The lowest BCUT2D eigenvalue weighted by Crippen LogP contribution is -2.33. The van der Waals surface area contributed by atoms with Crippen molar-refractivity contribution in [2.75, 3.05) is 25.0 Å². The van der Waals surface area contributed by atoms with Crippen molar-refractivity contribution < 1.29 is 19.7 Å². The van der Waals surface area contributed by atoms with Crippen molar-refractivity contribution >= 4 is 28.6 Å². The third-order valence-corrected chi connectivity index (χ3v) is 4.28. The summed E-state index contributed by atoms with van der Waals surface area (Å²) in [5.41, 5.74) is 2.80. The Kier molecular flexibility index (Phi) is 10.6. The highest BCUT2D eigenvalue weighted by Gasteiger charge is 2.15. The van der Waals surface area contributed by atoms with Gasteiger partial charge in [-0.25, -0.2) is 0 Å². The number of carbonyl (C=O) groups is 1. The number of anilines is 1. The molecular formula is C21H29BrN2O4. The first-order valence-electron chi connectivity index (χ1n) is 9.18. The van der Waals surface area contributed by atoms with Crippen LogP contribution in [0.5, 0.6) is 5.75 Å². The van der Waals surface area contributed by atoms with Crippen molar-refractivity contribution in [3.05, 3.63) is 59.7 Å². The third-order valence-electron chi connectivity index (χ3n) is 4.28. The fourth-order valence-electron chi connectivity index (χ4n) is 2.69. The maximum Gasteiger partial charge on any atom is 0.325 e. The number of aromatic hydroxyl groups is 1. The van der Waals surface area contributed by atoms with Gasteiger partial charge in [-0.2, -0.15) is 0 Å². The molecule has 0 saturated carbocycles. The predicted molar refractivity (Wildman–Crippen MR) is 116 cm³/mol. The molecule has 6 nitrogen and oxygen atoms in total. The average Bonchev–Trinajstić information content (AvgIpc) is 2.67. The molecule has 0 aliphatic rings. The molecule has 0 heterocycles. The maximum absolute atomic E-state index is 11.3. The molecule has 0 unspecified atom stereocenters. The molecule has 0 aliphatic carbocycles. The Morgan fingerprint density at radius 2 is 1.75 bits per heavy atom. The first-order chi connectivity index (χ1) is 13.0. The minimum absolute atomic E-state index is 0. The number of benzene rings is 2. The number of esters is 1. The molecule has 0 saturated heterocycles. The quantitative estimate of drug-likeness (QED) is 0.413. The fourth-order valence-corrected chi connectivity index (χ4v) is 2.69. The van der Waals surface area contributed by atoms with E-state index < -0.39 is 6.10 Å². The monoisotopic (exact) mass is 452 g/mol. The smallest absolute Gasteiger partial charge is 0.325 e. The van der Waals surface area contributed by atoms with Crippen LogP contribution in [0, 0.1) is 0 Å². The summed E-state index contributed by atoms with van der Waals surface area (Å²) in [7, 11) is 0. The minimum Gasteiger partial charge on any atom is -0.508 e. The van der Waals surface area contributed by atoms with Crippen LogP contribution in [0.25, 0.3) is 0 Å². The summed E-state index contributed by atoms with van der Waals surface area (Å²) in [5.74, 6) is -0.0845. The molecule has 0 spiro atoms. The number of aliphatic hydroxyl groups excluding tert-OH is 1. The first kappa shape index (κ1) is 23.9. The highest BCUT2D eigenvalue weighted by Crippen LogP contribution is 2.19. The van der Waals surface area contributed by atoms with E-state index in [-0.39, 0.29) is 41.3 Å². The van der Waals surface area contributed by atoms with Crippen molar-refractivity contribution in [2.24, 2.45) is 0 Å². The van der Waals surface area contributed by atoms with Crippen LogP contribution in [0.4, 0.5) is 5.69 Å². The normalized spacial score (nSPS) is 12.5. The molecule has 0 aliphatic heterocycles. The van der Waals surface area contributed by atoms with Crippen molar-refractivity contribution in [3.8, 4) is 5.75 Å². The molecule has 0 amide bonds. The van der Waals surface area contributed by atoms with E-state index in [1.165, 1.54) is 0 Å². The predicted octanol–water partition coefficient (Wildman–Crippen LogP) is 3.20. The van der Waals surface area contributed by atoms with Gasteiger partial charge in [-0.1, -0.05) is 24.3 Å². The minimum atomic E-state index is -0.639. The number of halogens is 1. The molecule has 7 heteroatoms. The van der Waals surface area contributed by atoms with Crippen LogP contribution < -0.4 is 10.6 Å². The Bertz CT molecular complexity index is 707. The zero-order chi connectivity index (χ0) is 19.6. The summed E-state index contributed by atoms with van der Waals surface area (Å²) in [6.45, 7) is 4.98. The van der Waals surface area contributed by atoms with Crippen LogP contribution in [0.1, 0.15) is 31.1 Å². The van der Waals surface area contributed by atoms with Crippen LogP contribution in [-0.4, -0.2) is 41.9 Å². The third kappa shape index (κ3) is 7.88.